The monoisotopic (exact) mass is 578 g/mol. The van der Waals surface area contributed by atoms with Gasteiger partial charge in [0.15, 0.2) is 0 Å². The Hall–Kier alpha value is -5.36. The molecule has 218 valence electrons. The van der Waals surface area contributed by atoms with Crippen LogP contribution < -0.4 is 11.1 Å². The predicted molar refractivity (Wildman–Crippen MR) is 181 cm³/mol. The van der Waals surface area contributed by atoms with Crippen LogP contribution in [0.1, 0.15) is 48.5 Å². The molecule has 0 aliphatic carbocycles. The summed E-state index contributed by atoms with van der Waals surface area (Å²) in [6.07, 6.45) is 11.3. The molecule has 0 N–H and O–H groups in total. The van der Waals surface area contributed by atoms with Gasteiger partial charge in [0, 0.05) is 13.1 Å². The van der Waals surface area contributed by atoms with Crippen LogP contribution in [0, 0.1) is 0 Å². The topological polar surface area (TPSA) is 69.8 Å². The fourth-order valence-corrected chi connectivity index (χ4v) is 5.42. The van der Waals surface area contributed by atoms with E-state index in [2.05, 4.69) is 0 Å². The SMILES string of the molecule is O=c1c2ccccc2nc(/C=C/c2ccccc2)n1CCCCCCn1c(/C=C/c2ccccc2)nc2ccccc2c1=O. The van der Waals surface area contributed by atoms with E-state index in [0.717, 1.165) is 36.8 Å². The molecule has 2 heterocycles. The standard InChI is InChI=1S/C38H34N4O2/c43-37-31-19-9-11-21-33(31)39-35(25-23-29-15-5-3-6-16-29)41(37)27-13-1-2-14-28-42-36(26-24-30-17-7-4-8-18-30)40-34-22-12-10-20-32(34)38(42)44/h3-12,15-26H,1-2,13-14,27-28H2/b25-23+,26-24+. The maximum absolute atomic E-state index is 13.4. The van der Waals surface area contributed by atoms with E-state index < -0.39 is 0 Å². The molecule has 0 amide bonds. The van der Waals surface area contributed by atoms with Gasteiger partial charge in [-0.15, -0.1) is 0 Å². The van der Waals surface area contributed by atoms with Crippen molar-refractivity contribution in [2.24, 2.45) is 0 Å². The summed E-state index contributed by atoms with van der Waals surface area (Å²) in [5.74, 6) is 1.31. The second kappa shape index (κ2) is 13.7. The molecule has 0 radical (unpaired) electrons. The molecule has 0 aliphatic rings. The van der Waals surface area contributed by atoms with Crippen LogP contribution in [0.5, 0.6) is 0 Å². The quantitative estimate of drug-likeness (QED) is 0.148. The van der Waals surface area contributed by atoms with Gasteiger partial charge in [-0.25, -0.2) is 9.97 Å². The van der Waals surface area contributed by atoms with Crippen molar-refractivity contribution < 1.29 is 0 Å². The molecule has 6 heteroatoms. The lowest BCUT2D eigenvalue weighted by molar-refractivity contribution is 0.523. The molecule has 0 unspecified atom stereocenters. The van der Waals surface area contributed by atoms with Crippen molar-refractivity contribution in [1.82, 2.24) is 19.1 Å². The van der Waals surface area contributed by atoms with Crippen LogP contribution in [-0.2, 0) is 13.1 Å². The number of hydrogen-bond donors (Lipinski definition) is 0. The van der Waals surface area contributed by atoms with Gasteiger partial charge in [0.25, 0.3) is 11.1 Å². The number of aromatic nitrogens is 4. The van der Waals surface area contributed by atoms with Gasteiger partial charge in [-0.3, -0.25) is 18.7 Å². The smallest absolute Gasteiger partial charge is 0.261 e. The second-order valence-corrected chi connectivity index (χ2v) is 10.8. The molecular weight excluding hydrogens is 544 g/mol. The summed E-state index contributed by atoms with van der Waals surface area (Å²) in [7, 11) is 0. The Kier molecular flexibility index (Phi) is 8.98. The van der Waals surface area contributed by atoms with Crippen LogP contribution >= 0.6 is 0 Å². The third-order valence-corrected chi connectivity index (χ3v) is 7.74. The van der Waals surface area contributed by atoms with Crippen molar-refractivity contribution in [2.75, 3.05) is 0 Å². The fourth-order valence-electron chi connectivity index (χ4n) is 5.42. The molecule has 6 rings (SSSR count). The van der Waals surface area contributed by atoms with Gasteiger partial charge in [-0.05, 0) is 60.4 Å². The first-order chi connectivity index (χ1) is 21.7. The number of hydrogen-bond acceptors (Lipinski definition) is 4. The van der Waals surface area contributed by atoms with E-state index in [9.17, 15) is 9.59 Å². The Labute approximate surface area is 256 Å². The van der Waals surface area contributed by atoms with E-state index in [1.54, 1.807) is 9.13 Å². The lowest BCUT2D eigenvalue weighted by atomic mass is 10.1. The molecule has 44 heavy (non-hydrogen) atoms. The minimum atomic E-state index is -0.0213. The first kappa shape index (κ1) is 28.7. The first-order valence-electron chi connectivity index (χ1n) is 15.1. The number of unbranched alkanes of at least 4 members (excludes halogenated alkanes) is 3. The Bertz CT molecular complexity index is 1910. The van der Waals surface area contributed by atoms with Crippen LogP contribution in [0.2, 0.25) is 0 Å². The largest absolute Gasteiger partial charge is 0.293 e. The zero-order chi connectivity index (χ0) is 30.1. The van der Waals surface area contributed by atoms with Crippen molar-refractivity contribution in [3.05, 3.63) is 153 Å². The van der Waals surface area contributed by atoms with Crippen LogP contribution in [0.3, 0.4) is 0 Å². The van der Waals surface area contributed by atoms with Crippen molar-refractivity contribution in [3.63, 3.8) is 0 Å². The van der Waals surface area contributed by atoms with Crippen LogP contribution in [0.4, 0.5) is 0 Å². The van der Waals surface area contributed by atoms with Crippen molar-refractivity contribution in [3.8, 4) is 0 Å². The summed E-state index contributed by atoms with van der Waals surface area (Å²) in [6, 6.07) is 35.0. The highest BCUT2D eigenvalue weighted by molar-refractivity contribution is 5.80. The average Bonchev–Trinajstić information content (AvgIpc) is 3.07. The van der Waals surface area contributed by atoms with E-state index in [1.165, 1.54) is 0 Å². The van der Waals surface area contributed by atoms with E-state index in [4.69, 9.17) is 9.97 Å². The molecule has 6 aromatic rings. The fraction of sp³-hybridized carbons (Fsp3) is 0.158. The molecule has 2 aromatic heterocycles. The zero-order valence-corrected chi connectivity index (χ0v) is 24.5. The summed E-state index contributed by atoms with van der Waals surface area (Å²) in [6.45, 7) is 1.15. The summed E-state index contributed by atoms with van der Waals surface area (Å²) in [5, 5.41) is 1.26. The Morgan fingerprint density at radius 3 is 1.27 bits per heavy atom. The molecule has 0 spiro atoms. The van der Waals surface area contributed by atoms with Gasteiger partial charge in [0.1, 0.15) is 11.6 Å². The molecule has 0 saturated heterocycles. The molecule has 0 aliphatic heterocycles. The molecule has 0 bridgehead atoms. The van der Waals surface area contributed by atoms with E-state index >= 15 is 0 Å². The van der Waals surface area contributed by atoms with Gasteiger partial charge >= 0.3 is 0 Å². The van der Waals surface area contributed by atoms with Crippen LogP contribution in [-0.4, -0.2) is 19.1 Å². The predicted octanol–water partition coefficient (Wildman–Crippen LogP) is 7.71. The number of para-hydroxylation sites is 2. The van der Waals surface area contributed by atoms with Gasteiger partial charge in [-0.2, -0.15) is 0 Å². The van der Waals surface area contributed by atoms with Gasteiger partial charge in [-0.1, -0.05) is 110 Å². The Balaban J connectivity index is 1.15. The molecule has 0 fully saturated rings. The number of fused-ring (bicyclic) bond motifs is 2. The van der Waals surface area contributed by atoms with Gasteiger partial charge in [0.05, 0.1) is 21.8 Å². The zero-order valence-electron chi connectivity index (χ0n) is 24.5. The third kappa shape index (κ3) is 6.65. The summed E-state index contributed by atoms with van der Waals surface area (Å²) < 4.78 is 3.57. The van der Waals surface area contributed by atoms with Gasteiger partial charge in [0.2, 0.25) is 0 Å². The number of benzene rings is 4. The molecule has 0 saturated carbocycles. The van der Waals surface area contributed by atoms with Crippen LogP contribution in [0.25, 0.3) is 46.1 Å². The van der Waals surface area contributed by atoms with E-state index in [0.29, 0.717) is 46.5 Å². The Morgan fingerprint density at radius 1 is 0.455 bits per heavy atom. The summed E-state index contributed by atoms with van der Waals surface area (Å²) in [5.41, 5.74) is 3.47. The van der Waals surface area contributed by atoms with Crippen molar-refractivity contribution >= 4 is 46.1 Å². The minimum absolute atomic E-state index is 0.0213. The lowest BCUT2D eigenvalue weighted by Crippen LogP contribution is -2.24. The molecule has 4 aromatic carbocycles. The van der Waals surface area contributed by atoms with Gasteiger partial charge < -0.3 is 0 Å². The van der Waals surface area contributed by atoms with Crippen molar-refractivity contribution in [2.45, 2.75) is 38.8 Å². The summed E-state index contributed by atoms with van der Waals surface area (Å²) in [4.78, 5) is 36.5. The molecule has 0 atom stereocenters. The first-order valence-corrected chi connectivity index (χ1v) is 15.1. The molecular formula is C38H34N4O2. The van der Waals surface area contributed by atoms with Crippen molar-refractivity contribution in [1.29, 1.82) is 0 Å². The normalized spacial score (nSPS) is 11.7. The maximum Gasteiger partial charge on any atom is 0.261 e. The van der Waals surface area contributed by atoms with Crippen LogP contribution in [0.15, 0.2) is 119 Å². The number of nitrogens with zero attached hydrogens (tertiary/aromatic N) is 4. The Morgan fingerprint density at radius 2 is 0.841 bits per heavy atom. The lowest BCUT2D eigenvalue weighted by Gasteiger charge is -2.13. The third-order valence-electron chi connectivity index (χ3n) is 7.74. The highest BCUT2D eigenvalue weighted by Gasteiger charge is 2.11. The minimum Gasteiger partial charge on any atom is -0.293 e. The summed E-state index contributed by atoms with van der Waals surface area (Å²) >= 11 is 0. The second-order valence-electron chi connectivity index (χ2n) is 10.8. The molecule has 6 nitrogen and oxygen atoms in total. The maximum atomic E-state index is 13.4. The van der Waals surface area contributed by atoms with E-state index in [-0.39, 0.29) is 11.1 Å². The highest BCUT2D eigenvalue weighted by atomic mass is 16.1. The number of rotatable bonds is 11. The highest BCUT2D eigenvalue weighted by Crippen LogP contribution is 2.15. The average molecular weight is 579 g/mol. The van der Waals surface area contributed by atoms with E-state index in [1.807, 2.05) is 133 Å².